The summed E-state index contributed by atoms with van der Waals surface area (Å²) in [5.41, 5.74) is 1.15. The quantitative estimate of drug-likeness (QED) is 0.734. The highest BCUT2D eigenvalue weighted by Crippen LogP contribution is 2.28. The minimum atomic E-state index is -0.575. The zero-order valence-corrected chi connectivity index (χ0v) is 14.7. The number of rotatable bonds is 2. The highest BCUT2D eigenvalue weighted by molar-refractivity contribution is 9.10. The lowest BCUT2D eigenvalue weighted by atomic mass is 10.2. The Kier molecular flexibility index (Phi) is 4.86. The lowest BCUT2D eigenvalue weighted by Crippen LogP contribution is -2.34. The van der Waals surface area contributed by atoms with Gasteiger partial charge in [0.15, 0.2) is 0 Å². The summed E-state index contributed by atoms with van der Waals surface area (Å²) >= 11 is 3.40. The van der Waals surface area contributed by atoms with E-state index >= 15 is 0 Å². The van der Waals surface area contributed by atoms with Crippen LogP contribution in [0.1, 0.15) is 26.3 Å². The van der Waals surface area contributed by atoms with Crippen LogP contribution >= 0.6 is 15.9 Å². The smallest absolute Gasteiger partial charge is 0.420 e. The molecule has 1 heterocycles. The molecule has 5 heteroatoms. The molecule has 0 N–H and O–H groups in total. The fourth-order valence-electron chi connectivity index (χ4n) is 1.87. The Hall–Kier alpha value is -1.88. The first-order valence-electron chi connectivity index (χ1n) is 6.97. The van der Waals surface area contributed by atoms with Gasteiger partial charge in [0, 0.05) is 10.7 Å². The largest absolute Gasteiger partial charge is 0.443 e. The molecule has 0 spiro atoms. The van der Waals surface area contributed by atoms with E-state index in [0.717, 1.165) is 10.0 Å². The first-order chi connectivity index (χ1) is 10.3. The van der Waals surface area contributed by atoms with Gasteiger partial charge in [-0.2, -0.15) is 0 Å². The molecule has 1 aromatic heterocycles. The lowest BCUT2D eigenvalue weighted by molar-refractivity contribution is 0.0598. The first-order valence-corrected chi connectivity index (χ1v) is 7.77. The Morgan fingerprint density at radius 1 is 1.18 bits per heavy atom. The molecule has 0 aliphatic carbocycles. The van der Waals surface area contributed by atoms with Crippen LogP contribution in [0.5, 0.6) is 0 Å². The summed E-state index contributed by atoms with van der Waals surface area (Å²) in [6.07, 6.45) is 1.23. The molecule has 0 aliphatic heterocycles. The Morgan fingerprint density at radius 2 is 1.82 bits per heavy atom. The van der Waals surface area contributed by atoms with Crippen LogP contribution in [0.15, 0.2) is 47.1 Å². The van der Waals surface area contributed by atoms with E-state index < -0.39 is 11.7 Å². The number of carbonyl (C=O) groups is 1. The van der Waals surface area contributed by atoms with E-state index in [0.29, 0.717) is 11.5 Å². The Morgan fingerprint density at radius 3 is 2.36 bits per heavy atom. The number of benzene rings is 1. The van der Waals surface area contributed by atoms with Gasteiger partial charge in [-0.3, -0.25) is 0 Å². The number of hydrogen-bond donors (Lipinski definition) is 0. The molecule has 1 aromatic carbocycles. The molecule has 0 saturated carbocycles. The molecule has 0 bridgehead atoms. The monoisotopic (exact) mass is 362 g/mol. The third kappa shape index (κ3) is 4.31. The van der Waals surface area contributed by atoms with Gasteiger partial charge >= 0.3 is 6.09 Å². The van der Waals surface area contributed by atoms with E-state index in [1.54, 1.807) is 6.20 Å². The van der Waals surface area contributed by atoms with Crippen LogP contribution in [-0.2, 0) is 4.74 Å². The van der Waals surface area contributed by atoms with Crippen molar-refractivity contribution in [3.63, 3.8) is 0 Å². The first kappa shape index (κ1) is 16.5. The Balaban J connectivity index is 2.45. The fourth-order valence-corrected chi connectivity index (χ4v) is 2.14. The van der Waals surface area contributed by atoms with Crippen LogP contribution in [0.4, 0.5) is 16.3 Å². The van der Waals surface area contributed by atoms with Gasteiger partial charge in [-0.25, -0.2) is 14.7 Å². The maximum Gasteiger partial charge on any atom is 0.420 e. The van der Waals surface area contributed by atoms with Gasteiger partial charge in [0.25, 0.3) is 0 Å². The van der Waals surface area contributed by atoms with Gasteiger partial charge in [0.05, 0.1) is 5.69 Å². The van der Waals surface area contributed by atoms with E-state index in [-0.39, 0.29) is 0 Å². The minimum absolute atomic E-state index is 0.451. The third-order valence-corrected chi connectivity index (χ3v) is 3.32. The van der Waals surface area contributed by atoms with Crippen molar-refractivity contribution >= 4 is 33.5 Å². The number of carbonyl (C=O) groups excluding carboxylic acids is 1. The van der Waals surface area contributed by atoms with Gasteiger partial charge in [0.2, 0.25) is 0 Å². The summed E-state index contributed by atoms with van der Waals surface area (Å²) in [5, 5.41) is 0. The summed E-state index contributed by atoms with van der Waals surface area (Å²) in [6.45, 7) is 7.48. The summed E-state index contributed by atoms with van der Waals surface area (Å²) < 4.78 is 6.46. The number of halogens is 1. The molecule has 0 saturated heterocycles. The van der Waals surface area contributed by atoms with Crippen molar-refractivity contribution < 1.29 is 9.53 Å². The SMILES string of the molecule is Cc1ccnc(N(C(=O)OC(C)(C)C)c2ccc(Br)cc2)c1. The molecular weight excluding hydrogens is 344 g/mol. The molecule has 0 radical (unpaired) electrons. The molecule has 4 nitrogen and oxygen atoms in total. The van der Waals surface area contributed by atoms with Crippen LogP contribution in [-0.4, -0.2) is 16.7 Å². The topological polar surface area (TPSA) is 42.4 Å². The fraction of sp³-hybridized carbons (Fsp3) is 0.294. The number of aryl methyl sites for hydroxylation is 1. The van der Waals surface area contributed by atoms with Crippen LogP contribution in [0, 0.1) is 6.92 Å². The second-order valence-electron chi connectivity index (χ2n) is 5.98. The zero-order valence-electron chi connectivity index (χ0n) is 13.1. The van der Waals surface area contributed by atoms with E-state index in [1.807, 2.05) is 64.1 Å². The van der Waals surface area contributed by atoms with Crippen LogP contribution < -0.4 is 4.90 Å². The molecule has 2 aromatic rings. The van der Waals surface area contributed by atoms with Crippen LogP contribution in [0.3, 0.4) is 0 Å². The normalized spacial score (nSPS) is 11.1. The summed E-state index contributed by atoms with van der Waals surface area (Å²) in [5.74, 6) is 0.538. The van der Waals surface area contributed by atoms with Gasteiger partial charge in [0.1, 0.15) is 11.4 Å². The maximum atomic E-state index is 12.6. The summed E-state index contributed by atoms with van der Waals surface area (Å²) in [7, 11) is 0. The van der Waals surface area contributed by atoms with E-state index in [2.05, 4.69) is 20.9 Å². The molecule has 116 valence electrons. The van der Waals surface area contributed by atoms with Gasteiger partial charge in [-0.1, -0.05) is 15.9 Å². The summed E-state index contributed by atoms with van der Waals surface area (Å²) in [4.78, 5) is 18.4. The molecule has 0 atom stereocenters. The van der Waals surface area contributed by atoms with Crippen LogP contribution in [0.25, 0.3) is 0 Å². The second kappa shape index (κ2) is 6.48. The van der Waals surface area contributed by atoms with E-state index in [9.17, 15) is 4.79 Å². The van der Waals surface area contributed by atoms with Crippen molar-refractivity contribution in [2.45, 2.75) is 33.3 Å². The van der Waals surface area contributed by atoms with E-state index in [4.69, 9.17) is 4.74 Å². The molecule has 2 rings (SSSR count). The standard InChI is InChI=1S/C17H19BrN2O2/c1-12-9-10-19-15(11-12)20(16(21)22-17(2,3)4)14-7-5-13(18)6-8-14/h5-11H,1-4H3. The van der Waals surface area contributed by atoms with Gasteiger partial charge in [-0.05, 0) is 69.7 Å². The molecular formula is C17H19BrN2O2. The van der Waals surface area contributed by atoms with Crippen LogP contribution in [0.2, 0.25) is 0 Å². The number of anilines is 2. The van der Waals surface area contributed by atoms with Crippen molar-refractivity contribution in [1.29, 1.82) is 0 Å². The van der Waals surface area contributed by atoms with Crippen molar-refractivity contribution in [3.8, 4) is 0 Å². The molecule has 0 unspecified atom stereocenters. The second-order valence-corrected chi connectivity index (χ2v) is 6.90. The number of amides is 1. The zero-order chi connectivity index (χ0) is 16.3. The van der Waals surface area contributed by atoms with Crippen molar-refractivity contribution in [1.82, 2.24) is 4.98 Å². The Labute approximate surface area is 139 Å². The summed E-state index contributed by atoms with van der Waals surface area (Å²) in [6, 6.07) is 11.2. The minimum Gasteiger partial charge on any atom is -0.443 e. The van der Waals surface area contributed by atoms with Crippen molar-refractivity contribution in [2.75, 3.05) is 4.90 Å². The van der Waals surface area contributed by atoms with Gasteiger partial charge in [-0.15, -0.1) is 0 Å². The predicted octanol–water partition coefficient (Wildman–Crippen LogP) is 5.23. The number of ether oxygens (including phenoxy) is 1. The van der Waals surface area contributed by atoms with E-state index in [1.165, 1.54) is 4.90 Å². The average Bonchev–Trinajstić information content (AvgIpc) is 2.39. The number of nitrogens with zero attached hydrogens (tertiary/aromatic N) is 2. The number of aromatic nitrogens is 1. The lowest BCUT2D eigenvalue weighted by Gasteiger charge is -2.27. The number of pyridine rings is 1. The highest BCUT2D eigenvalue weighted by atomic mass is 79.9. The molecule has 1 amide bonds. The van der Waals surface area contributed by atoms with Crippen molar-refractivity contribution in [3.05, 3.63) is 52.6 Å². The van der Waals surface area contributed by atoms with Crippen molar-refractivity contribution in [2.24, 2.45) is 0 Å². The predicted molar refractivity (Wildman–Crippen MR) is 91.5 cm³/mol. The highest BCUT2D eigenvalue weighted by Gasteiger charge is 2.25. The Bertz CT molecular complexity index is 663. The van der Waals surface area contributed by atoms with Gasteiger partial charge < -0.3 is 4.74 Å². The average molecular weight is 363 g/mol. The number of hydrogen-bond acceptors (Lipinski definition) is 3. The molecule has 0 fully saturated rings. The maximum absolute atomic E-state index is 12.6. The third-order valence-electron chi connectivity index (χ3n) is 2.79. The molecule has 0 aliphatic rings. The molecule has 22 heavy (non-hydrogen) atoms.